The second kappa shape index (κ2) is 8.14. The highest BCUT2D eigenvalue weighted by Gasteiger charge is 2.33. The fourth-order valence-corrected chi connectivity index (χ4v) is 5.04. The molecule has 8 heteroatoms. The quantitative estimate of drug-likeness (QED) is 0.777. The Balaban J connectivity index is 1.73. The normalized spacial score (nSPS) is 18.6. The number of nitrogens with zero attached hydrogens (tertiary/aromatic N) is 1. The topological polar surface area (TPSA) is 88.8 Å². The number of benzene rings is 1. The molecular weight excluding hydrogens is 368 g/mol. The van der Waals surface area contributed by atoms with Crippen LogP contribution in [0.1, 0.15) is 17.7 Å². The summed E-state index contributed by atoms with van der Waals surface area (Å²) in [7, 11) is -1.51. The number of hydrogen-bond donors (Lipinski definition) is 1. The average Bonchev–Trinajstić information content (AvgIpc) is 3.23. The van der Waals surface area contributed by atoms with E-state index in [2.05, 4.69) is 5.32 Å². The number of carbonyl (C=O) groups is 1. The highest BCUT2D eigenvalue weighted by molar-refractivity contribution is 7.91. The molecule has 27 heavy (non-hydrogen) atoms. The van der Waals surface area contributed by atoms with Gasteiger partial charge in [-0.1, -0.05) is 6.07 Å². The Morgan fingerprint density at radius 2 is 2.19 bits per heavy atom. The number of hydrogen-bond acceptors (Lipinski definition) is 6. The molecule has 0 radical (unpaired) electrons. The third-order valence-electron chi connectivity index (χ3n) is 4.64. The van der Waals surface area contributed by atoms with Crippen LogP contribution in [0.15, 0.2) is 41.0 Å². The summed E-state index contributed by atoms with van der Waals surface area (Å²) in [5.41, 5.74) is 1.60. The van der Waals surface area contributed by atoms with E-state index < -0.39 is 9.84 Å². The van der Waals surface area contributed by atoms with E-state index in [1.54, 1.807) is 25.5 Å². The molecule has 1 saturated heterocycles. The van der Waals surface area contributed by atoms with E-state index in [0.717, 1.165) is 5.56 Å². The monoisotopic (exact) mass is 392 g/mol. The summed E-state index contributed by atoms with van der Waals surface area (Å²) in [5.74, 6) is 1.26. The van der Waals surface area contributed by atoms with Gasteiger partial charge in [0.1, 0.15) is 11.5 Å². The Morgan fingerprint density at radius 1 is 1.37 bits per heavy atom. The van der Waals surface area contributed by atoms with Crippen LogP contribution in [-0.4, -0.2) is 50.4 Å². The van der Waals surface area contributed by atoms with Gasteiger partial charge in [-0.3, -0.25) is 9.69 Å². The van der Waals surface area contributed by atoms with Crippen LogP contribution in [-0.2, 0) is 21.2 Å². The first-order valence-electron chi connectivity index (χ1n) is 8.77. The molecule has 0 spiro atoms. The third-order valence-corrected chi connectivity index (χ3v) is 6.39. The van der Waals surface area contributed by atoms with E-state index >= 15 is 0 Å². The van der Waals surface area contributed by atoms with E-state index in [1.807, 2.05) is 30.0 Å². The van der Waals surface area contributed by atoms with Crippen molar-refractivity contribution in [3.8, 4) is 5.75 Å². The van der Waals surface area contributed by atoms with Crippen molar-refractivity contribution in [1.29, 1.82) is 0 Å². The summed E-state index contributed by atoms with van der Waals surface area (Å²) in [6.07, 6.45) is 2.08. The minimum Gasteiger partial charge on any atom is -0.495 e. The van der Waals surface area contributed by atoms with Gasteiger partial charge in [0, 0.05) is 6.04 Å². The second-order valence-corrected chi connectivity index (χ2v) is 9.02. The van der Waals surface area contributed by atoms with Gasteiger partial charge in [0.25, 0.3) is 0 Å². The number of anilines is 1. The molecule has 1 aromatic carbocycles. The number of aryl methyl sites for hydroxylation is 1. The summed E-state index contributed by atoms with van der Waals surface area (Å²) in [5, 5.41) is 2.87. The van der Waals surface area contributed by atoms with Gasteiger partial charge < -0.3 is 14.5 Å². The van der Waals surface area contributed by atoms with Crippen molar-refractivity contribution in [3.05, 3.63) is 47.9 Å². The van der Waals surface area contributed by atoms with E-state index in [9.17, 15) is 13.2 Å². The molecule has 0 bridgehead atoms. The highest BCUT2D eigenvalue weighted by atomic mass is 32.2. The number of furan rings is 1. The van der Waals surface area contributed by atoms with Crippen molar-refractivity contribution in [2.75, 3.05) is 30.5 Å². The number of amides is 1. The van der Waals surface area contributed by atoms with Gasteiger partial charge in [-0.05, 0) is 43.2 Å². The Hall–Kier alpha value is -2.32. The number of rotatable bonds is 7. The van der Waals surface area contributed by atoms with Crippen LogP contribution in [0.25, 0.3) is 0 Å². The van der Waals surface area contributed by atoms with Gasteiger partial charge in [0.2, 0.25) is 5.91 Å². The molecule has 2 aromatic rings. The number of sulfone groups is 1. The fraction of sp³-hybridized carbons (Fsp3) is 0.421. The van der Waals surface area contributed by atoms with Crippen LogP contribution in [0.2, 0.25) is 0 Å². The Labute approximate surface area is 159 Å². The van der Waals surface area contributed by atoms with Gasteiger partial charge in [-0.25, -0.2) is 8.42 Å². The fourth-order valence-electron chi connectivity index (χ4n) is 3.27. The molecule has 1 N–H and O–H groups in total. The second-order valence-electron chi connectivity index (χ2n) is 6.79. The lowest BCUT2D eigenvalue weighted by Crippen LogP contribution is -2.41. The molecule has 1 aliphatic heterocycles. The van der Waals surface area contributed by atoms with Crippen LogP contribution in [0.3, 0.4) is 0 Å². The van der Waals surface area contributed by atoms with Crippen molar-refractivity contribution in [2.45, 2.75) is 25.9 Å². The first-order valence-corrected chi connectivity index (χ1v) is 10.6. The maximum atomic E-state index is 12.7. The van der Waals surface area contributed by atoms with Crippen LogP contribution in [0.5, 0.6) is 5.75 Å². The van der Waals surface area contributed by atoms with Crippen molar-refractivity contribution in [1.82, 2.24) is 4.90 Å². The minimum atomic E-state index is -3.05. The molecule has 2 heterocycles. The molecule has 3 rings (SSSR count). The van der Waals surface area contributed by atoms with E-state index in [-0.39, 0.29) is 30.0 Å². The molecule has 1 atom stereocenters. The predicted octanol–water partition coefficient (Wildman–Crippen LogP) is 2.22. The first kappa shape index (κ1) is 19.4. The summed E-state index contributed by atoms with van der Waals surface area (Å²) >= 11 is 0. The maximum Gasteiger partial charge on any atom is 0.238 e. The zero-order valence-electron chi connectivity index (χ0n) is 15.5. The number of nitrogens with one attached hydrogen (secondary N) is 1. The molecule has 1 fully saturated rings. The summed E-state index contributed by atoms with van der Waals surface area (Å²) in [6, 6.07) is 8.93. The van der Waals surface area contributed by atoms with Crippen molar-refractivity contribution >= 4 is 21.4 Å². The van der Waals surface area contributed by atoms with Crippen LogP contribution < -0.4 is 10.1 Å². The first-order chi connectivity index (χ1) is 12.9. The Morgan fingerprint density at radius 3 is 2.81 bits per heavy atom. The average molecular weight is 392 g/mol. The summed E-state index contributed by atoms with van der Waals surface area (Å²) in [4.78, 5) is 14.5. The standard InChI is InChI=1S/C19H24N2O5S/c1-14-5-6-18(25-2)17(10-14)20-19(22)12-21(11-16-4-3-8-26-16)15-7-9-27(23,24)13-15/h3-6,8,10,15H,7,9,11-13H2,1-2H3,(H,20,22). The van der Waals surface area contributed by atoms with Crippen LogP contribution in [0.4, 0.5) is 5.69 Å². The zero-order valence-corrected chi connectivity index (χ0v) is 16.3. The molecule has 146 valence electrons. The number of methoxy groups -OCH3 is 1. The number of ether oxygens (including phenoxy) is 1. The smallest absolute Gasteiger partial charge is 0.238 e. The van der Waals surface area contributed by atoms with Crippen molar-refractivity contribution in [2.24, 2.45) is 0 Å². The molecule has 0 saturated carbocycles. The lowest BCUT2D eigenvalue weighted by atomic mass is 10.2. The third kappa shape index (κ3) is 5.11. The molecule has 0 aliphatic carbocycles. The van der Waals surface area contributed by atoms with E-state index in [4.69, 9.17) is 9.15 Å². The zero-order chi connectivity index (χ0) is 19.4. The van der Waals surface area contributed by atoms with Gasteiger partial charge >= 0.3 is 0 Å². The van der Waals surface area contributed by atoms with E-state index in [0.29, 0.717) is 30.2 Å². The lowest BCUT2D eigenvalue weighted by molar-refractivity contribution is -0.118. The molecule has 1 aromatic heterocycles. The number of carbonyl (C=O) groups excluding carboxylic acids is 1. The molecule has 7 nitrogen and oxygen atoms in total. The molecule has 1 unspecified atom stereocenters. The molecule has 1 amide bonds. The SMILES string of the molecule is COc1ccc(C)cc1NC(=O)CN(Cc1ccco1)C1CCS(=O)(=O)C1. The van der Waals surface area contributed by atoms with Gasteiger partial charge in [-0.2, -0.15) is 0 Å². The summed E-state index contributed by atoms with van der Waals surface area (Å²) < 4.78 is 34.4. The van der Waals surface area contributed by atoms with Gasteiger partial charge in [0.05, 0.1) is 43.7 Å². The Kier molecular flexibility index (Phi) is 5.86. The Bertz CT molecular complexity index is 893. The maximum absolute atomic E-state index is 12.7. The lowest BCUT2D eigenvalue weighted by Gasteiger charge is -2.26. The molecular formula is C19H24N2O5S. The predicted molar refractivity (Wildman–Crippen MR) is 103 cm³/mol. The van der Waals surface area contributed by atoms with Gasteiger partial charge in [0.15, 0.2) is 9.84 Å². The van der Waals surface area contributed by atoms with Gasteiger partial charge in [-0.15, -0.1) is 0 Å². The van der Waals surface area contributed by atoms with E-state index in [1.165, 1.54) is 0 Å². The highest BCUT2D eigenvalue weighted by Crippen LogP contribution is 2.26. The minimum absolute atomic E-state index is 0.0642. The molecule has 1 aliphatic rings. The van der Waals surface area contributed by atoms with Crippen LogP contribution in [0, 0.1) is 6.92 Å². The van der Waals surface area contributed by atoms with Crippen LogP contribution >= 0.6 is 0 Å². The largest absolute Gasteiger partial charge is 0.495 e. The van der Waals surface area contributed by atoms with Crippen molar-refractivity contribution in [3.63, 3.8) is 0 Å². The summed E-state index contributed by atoms with van der Waals surface area (Å²) in [6.45, 7) is 2.38. The van der Waals surface area contributed by atoms with Crippen molar-refractivity contribution < 1.29 is 22.4 Å².